The molecule has 110 valence electrons. The predicted octanol–water partition coefficient (Wildman–Crippen LogP) is 3.03. The Hall–Kier alpha value is -0.710. The molecule has 0 saturated carbocycles. The van der Waals surface area contributed by atoms with Gasteiger partial charge in [0.1, 0.15) is 0 Å². The summed E-state index contributed by atoms with van der Waals surface area (Å²) in [4.78, 5) is 15.3. The van der Waals surface area contributed by atoms with Crippen LogP contribution in [0.5, 0.6) is 0 Å². The standard InChI is InChI=1S/C15H21ClN2OS/c1-2-18-9-7-12(8-10-18)17-15(19)11-20-14-6-4-3-5-13(14)16/h3-6,12H,2,7-11H2,1H3,(H,17,19). The Balaban J connectivity index is 1.72. The minimum atomic E-state index is 0.102. The highest BCUT2D eigenvalue weighted by atomic mass is 35.5. The molecular formula is C15H21ClN2OS. The largest absolute Gasteiger partial charge is 0.353 e. The van der Waals surface area contributed by atoms with E-state index >= 15 is 0 Å². The van der Waals surface area contributed by atoms with Crippen molar-refractivity contribution in [1.82, 2.24) is 10.2 Å². The first-order valence-electron chi connectivity index (χ1n) is 7.08. The van der Waals surface area contributed by atoms with E-state index in [0.717, 1.165) is 37.4 Å². The molecule has 1 fully saturated rings. The van der Waals surface area contributed by atoms with Crippen molar-refractivity contribution in [2.45, 2.75) is 30.7 Å². The lowest BCUT2D eigenvalue weighted by molar-refractivity contribution is -0.119. The fourth-order valence-electron chi connectivity index (χ4n) is 2.37. The second-order valence-electron chi connectivity index (χ2n) is 5.00. The number of halogens is 1. The van der Waals surface area contributed by atoms with E-state index in [2.05, 4.69) is 17.1 Å². The highest BCUT2D eigenvalue weighted by molar-refractivity contribution is 8.00. The molecule has 1 saturated heterocycles. The van der Waals surface area contributed by atoms with E-state index in [1.807, 2.05) is 24.3 Å². The van der Waals surface area contributed by atoms with Gasteiger partial charge < -0.3 is 10.2 Å². The van der Waals surface area contributed by atoms with E-state index in [0.29, 0.717) is 16.8 Å². The third-order valence-electron chi connectivity index (χ3n) is 3.60. The molecule has 1 aromatic rings. The molecule has 0 bridgehead atoms. The van der Waals surface area contributed by atoms with Gasteiger partial charge in [0, 0.05) is 24.0 Å². The van der Waals surface area contributed by atoms with Crippen molar-refractivity contribution in [2.24, 2.45) is 0 Å². The lowest BCUT2D eigenvalue weighted by Gasteiger charge is -2.31. The van der Waals surface area contributed by atoms with E-state index < -0.39 is 0 Å². The lowest BCUT2D eigenvalue weighted by atomic mass is 10.1. The Morgan fingerprint density at radius 1 is 1.40 bits per heavy atom. The van der Waals surface area contributed by atoms with Gasteiger partial charge in [-0.25, -0.2) is 0 Å². The number of nitrogens with zero attached hydrogens (tertiary/aromatic N) is 1. The average molecular weight is 313 g/mol. The van der Waals surface area contributed by atoms with Crippen LogP contribution in [0.2, 0.25) is 5.02 Å². The number of amides is 1. The summed E-state index contributed by atoms with van der Waals surface area (Å²) in [5.41, 5.74) is 0. The molecule has 1 aromatic carbocycles. The summed E-state index contributed by atoms with van der Waals surface area (Å²) >= 11 is 7.57. The molecule has 1 aliphatic rings. The van der Waals surface area contributed by atoms with Crippen molar-refractivity contribution in [1.29, 1.82) is 0 Å². The fraction of sp³-hybridized carbons (Fsp3) is 0.533. The molecule has 20 heavy (non-hydrogen) atoms. The summed E-state index contributed by atoms with van der Waals surface area (Å²) < 4.78 is 0. The smallest absolute Gasteiger partial charge is 0.230 e. The van der Waals surface area contributed by atoms with Crippen molar-refractivity contribution in [3.05, 3.63) is 29.3 Å². The molecule has 0 radical (unpaired) electrons. The fourth-order valence-corrected chi connectivity index (χ4v) is 3.42. The molecule has 0 unspecified atom stereocenters. The third kappa shape index (κ3) is 4.69. The first kappa shape index (κ1) is 15.7. The number of hydrogen-bond acceptors (Lipinski definition) is 3. The Labute approximate surface area is 130 Å². The molecule has 0 spiro atoms. The number of likely N-dealkylation sites (tertiary alicyclic amines) is 1. The van der Waals surface area contributed by atoms with Gasteiger partial charge in [0.2, 0.25) is 5.91 Å². The van der Waals surface area contributed by atoms with E-state index in [1.165, 1.54) is 11.8 Å². The topological polar surface area (TPSA) is 32.3 Å². The number of carbonyl (C=O) groups excluding carboxylic acids is 1. The highest BCUT2D eigenvalue weighted by Gasteiger charge is 2.19. The van der Waals surface area contributed by atoms with Crippen LogP contribution < -0.4 is 5.32 Å². The Bertz CT molecular complexity index is 447. The maximum Gasteiger partial charge on any atom is 0.230 e. The number of benzene rings is 1. The highest BCUT2D eigenvalue weighted by Crippen LogP contribution is 2.26. The Morgan fingerprint density at radius 3 is 2.75 bits per heavy atom. The van der Waals surface area contributed by atoms with E-state index in [9.17, 15) is 4.79 Å². The SMILES string of the molecule is CCN1CCC(NC(=O)CSc2ccccc2Cl)CC1. The number of carbonyl (C=O) groups is 1. The van der Waals surface area contributed by atoms with Gasteiger partial charge in [0.05, 0.1) is 10.8 Å². The van der Waals surface area contributed by atoms with Crippen LogP contribution in [0.25, 0.3) is 0 Å². The van der Waals surface area contributed by atoms with Crippen molar-refractivity contribution in [3.8, 4) is 0 Å². The number of rotatable bonds is 5. The van der Waals surface area contributed by atoms with E-state index in [1.54, 1.807) is 0 Å². The van der Waals surface area contributed by atoms with Gasteiger partial charge in [-0.05, 0) is 31.5 Å². The van der Waals surface area contributed by atoms with Crippen LogP contribution in [0.1, 0.15) is 19.8 Å². The lowest BCUT2D eigenvalue weighted by Crippen LogP contribution is -2.45. The molecule has 1 heterocycles. The third-order valence-corrected chi connectivity index (χ3v) is 5.11. The summed E-state index contributed by atoms with van der Waals surface area (Å²) in [6.45, 7) is 5.44. The summed E-state index contributed by atoms with van der Waals surface area (Å²) in [5, 5.41) is 3.83. The van der Waals surface area contributed by atoms with Crippen LogP contribution >= 0.6 is 23.4 Å². The molecular weight excluding hydrogens is 292 g/mol. The number of nitrogens with one attached hydrogen (secondary N) is 1. The molecule has 5 heteroatoms. The maximum absolute atomic E-state index is 12.0. The molecule has 0 atom stereocenters. The Kier molecular flexibility index (Phi) is 6.20. The zero-order valence-corrected chi connectivity index (χ0v) is 13.3. The van der Waals surface area contributed by atoms with Gasteiger partial charge in [-0.2, -0.15) is 0 Å². The van der Waals surface area contributed by atoms with Gasteiger partial charge in [0.15, 0.2) is 0 Å². The minimum Gasteiger partial charge on any atom is -0.353 e. The molecule has 1 amide bonds. The normalized spacial score (nSPS) is 17.1. The molecule has 2 rings (SSSR count). The van der Waals surface area contributed by atoms with Crippen molar-refractivity contribution in [2.75, 3.05) is 25.4 Å². The van der Waals surface area contributed by atoms with E-state index in [4.69, 9.17) is 11.6 Å². The number of piperidine rings is 1. The van der Waals surface area contributed by atoms with Crippen molar-refractivity contribution >= 4 is 29.3 Å². The van der Waals surface area contributed by atoms with E-state index in [-0.39, 0.29) is 5.91 Å². The number of hydrogen-bond donors (Lipinski definition) is 1. The monoisotopic (exact) mass is 312 g/mol. The zero-order valence-electron chi connectivity index (χ0n) is 11.8. The summed E-state index contributed by atoms with van der Waals surface area (Å²) in [7, 11) is 0. The van der Waals surface area contributed by atoms with Crippen LogP contribution in [0.4, 0.5) is 0 Å². The van der Waals surface area contributed by atoms with Gasteiger partial charge >= 0.3 is 0 Å². The summed E-state index contributed by atoms with van der Waals surface area (Å²) in [6, 6.07) is 7.96. The second kappa shape index (κ2) is 7.91. The Morgan fingerprint density at radius 2 is 2.10 bits per heavy atom. The predicted molar refractivity (Wildman–Crippen MR) is 85.5 cm³/mol. The quantitative estimate of drug-likeness (QED) is 0.848. The number of thioether (sulfide) groups is 1. The molecule has 0 aliphatic carbocycles. The van der Waals surface area contributed by atoms with Crippen LogP contribution in [-0.2, 0) is 4.79 Å². The van der Waals surface area contributed by atoms with Crippen LogP contribution in [0.3, 0.4) is 0 Å². The van der Waals surface area contributed by atoms with Crippen molar-refractivity contribution in [3.63, 3.8) is 0 Å². The zero-order chi connectivity index (χ0) is 14.4. The first-order chi connectivity index (χ1) is 9.69. The first-order valence-corrected chi connectivity index (χ1v) is 8.44. The minimum absolute atomic E-state index is 0.102. The van der Waals surface area contributed by atoms with Crippen LogP contribution in [-0.4, -0.2) is 42.2 Å². The van der Waals surface area contributed by atoms with Gasteiger partial charge in [-0.3, -0.25) is 4.79 Å². The van der Waals surface area contributed by atoms with Crippen LogP contribution in [0, 0.1) is 0 Å². The molecule has 3 nitrogen and oxygen atoms in total. The van der Waals surface area contributed by atoms with Gasteiger partial charge in [-0.15, -0.1) is 11.8 Å². The second-order valence-corrected chi connectivity index (χ2v) is 6.42. The van der Waals surface area contributed by atoms with Gasteiger partial charge in [-0.1, -0.05) is 30.7 Å². The summed E-state index contributed by atoms with van der Waals surface area (Å²) in [5.74, 6) is 0.530. The maximum atomic E-state index is 12.0. The summed E-state index contributed by atoms with van der Waals surface area (Å²) in [6.07, 6.45) is 2.10. The molecule has 1 aliphatic heterocycles. The van der Waals surface area contributed by atoms with Crippen molar-refractivity contribution < 1.29 is 4.79 Å². The average Bonchev–Trinajstić information content (AvgIpc) is 2.47. The molecule has 1 N–H and O–H groups in total. The molecule has 0 aromatic heterocycles. The van der Waals surface area contributed by atoms with Crippen LogP contribution in [0.15, 0.2) is 29.2 Å². The van der Waals surface area contributed by atoms with Gasteiger partial charge in [0.25, 0.3) is 0 Å².